The van der Waals surface area contributed by atoms with Crippen molar-refractivity contribution in [2.24, 2.45) is 0 Å². The van der Waals surface area contributed by atoms with Gasteiger partial charge in [-0.1, -0.05) is 0 Å². The average Bonchev–Trinajstić information content (AvgIpc) is 3.21. The summed E-state index contributed by atoms with van der Waals surface area (Å²) in [5, 5.41) is 14.8. The molecule has 3 aromatic rings. The number of rotatable bonds is 8. The minimum Gasteiger partial charge on any atom is -0.494 e. The van der Waals surface area contributed by atoms with Crippen molar-refractivity contribution in [3.05, 3.63) is 59.9 Å². The van der Waals surface area contributed by atoms with E-state index in [1.54, 1.807) is 35.8 Å². The highest BCUT2D eigenvalue weighted by atomic mass is 16.5. The minimum absolute atomic E-state index is 0.211. The molecule has 0 unspecified atom stereocenters. The molecule has 0 saturated heterocycles. The fraction of sp³-hybridized carbons (Fsp3) is 0.273. The Hall–Kier alpha value is -3.56. The number of hydroxylamine groups is 1. The topological polar surface area (TPSA) is 122 Å². The Balaban J connectivity index is 0.00000107. The highest BCUT2D eigenvalue weighted by molar-refractivity contribution is 5.96. The van der Waals surface area contributed by atoms with E-state index in [9.17, 15) is 9.59 Å². The molecule has 9 nitrogen and oxygen atoms in total. The van der Waals surface area contributed by atoms with Crippen LogP contribution >= 0.6 is 0 Å². The molecule has 0 saturated carbocycles. The number of furan rings is 1. The molecular formula is C22H27N3O6. The van der Waals surface area contributed by atoms with Crippen LogP contribution in [0, 0.1) is 0 Å². The Morgan fingerprint density at radius 2 is 1.65 bits per heavy atom. The third-order valence-electron chi connectivity index (χ3n) is 3.90. The number of hydrogen-bond donors (Lipinski definition) is 4. The van der Waals surface area contributed by atoms with Gasteiger partial charge in [0, 0.05) is 10.9 Å². The molecule has 0 atom stereocenters. The highest BCUT2D eigenvalue weighted by Gasteiger charge is 2.12. The molecule has 2 amide bonds. The Labute approximate surface area is 180 Å². The zero-order valence-electron chi connectivity index (χ0n) is 17.7. The lowest BCUT2D eigenvalue weighted by Gasteiger charge is -2.07. The van der Waals surface area contributed by atoms with Crippen LogP contribution in [0.3, 0.4) is 0 Å². The van der Waals surface area contributed by atoms with E-state index in [1.807, 2.05) is 27.1 Å². The summed E-state index contributed by atoms with van der Waals surface area (Å²) in [4.78, 5) is 23.5. The molecule has 0 radical (unpaired) electrons. The van der Waals surface area contributed by atoms with Gasteiger partial charge in [-0.25, -0.2) is 5.48 Å². The van der Waals surface area contributed by atoms with Gasteiger partial charge < -0.3 is 24.5 Å². The Kier molecular flexibility index (Phi) is 9.34. The molecule has 4 N–H and O–H groups in total. The van der Waals surface area contributed by atoms with Crippen molar-refractivity contribution in [2.45, 2.75) is 6.92 Å². The van der Waals surface area contributed by atoms with E-state index in [1.165, 1.54) is 12.1 Å². The third kappa shape index (κ3) is 7.02. The second-order valence-electron chi connectivity index (χ2n) is 6.31. The molecule has 0 aliphatic rings. The van der Waals surface area contributed by atoms with E-state index in [-0.39, 0.29) is 24.8 Å². The first kappa shape index (κ1) is 23.7. The molecule has 31 heavy (non-hydrogen) atoms. The number of benzene rings is 2. The van der Waals surface area contributed by atoms with Gasteiger partial charge in [-0.3, -0.25) is 14.8 Å². The molecule has 0 fully saturated rings. The van der Waals surface area contributed by atoms with E-state index >= 15 is 0 Å². The largest absolute Gasteiger partial charge is 0.494 e. The van der Waals surface area contributed by atoms with Crippen molar-refractivity contribution >= 4 is 22.8 Å². The molecule has 1 aromatic heterocycles. The van der Waals surface area contributed by atoms with Crippen LogP contribution in [0.4, 0.5) is 0 Å². The number of fused-ring (bicyclic) bond motifs is 1. The maximum Gasteiger partial charge on any atom is 0.287 e. The summed E-state index contributed by atoms with van der Waals surface area (Å²) >= 11 is 0. The predicted octanol–water partition coefficient (Wildman–Crippen LogP) is 2.59. The van der Waals surface area contributed by atoms with Gasteiger partial charge in [0.1, 0.15) is 23.7 Å². The summed E-state index contributed by atoms with van der Waals surface area (Å²) in [5.41, 5.74) is 2.47. The predicted molar refractivity (Wildman–Crippen MR) is 116 cm³/mol. The highest BCUT2D eigenvalue weighted by Crippen LogP contribution is 2.24. The first-order valence-corrected chi connectivity index (χ1v) is 9.72. The standard InChI is InChI=1S/C20H20N2O6.C2H7N/c1-2-26-16-7-8-17-14(11-16)12-18(28-17)20(24)21-9-10-27-15-5-3-13(4-6-15)19(23)22-25;1-3-2/h3-8,11-12,25H,2,9-10H2,1H3,(H,21,24)(H,22,23);3H,1-2H3. The Bertz CT molecular complexity index is 985. The lowest BCUT2D eigenvalue weighted by molar-refractivity contribution is 0.0706. The SMILES string of the molecule is CCOc1ccc2oc(C(=O)NCCOc3ccc(C(=O)NO)cc3)cc2c1.CNC. The fourth-order valence-corrected chi connectivity index (χ4v) is 2.58. The van der Waals surface area contributed by atoms with Crippen LogP contribution in [0.5, 0.6) is 11.5 Å². The van der Waals surface area contributed by atoms with E-state index in [0.29, 0.717) is 23.5 Å². The molecular weight excluding hydrogens is 402 g/mol. The van der Waals surface area contributed by atoms with Crippen molar-refractivity contribution < 1.29 is 28.7 Å². The van der Waals surface area contributed by atoms with E-state index in [4.69, 9.17) is 19.1 Å². The second kappa shape index (κ2) is 12.2. The third-order valence-corrected chi connectivity index (χ3v) is 3.90. The first-order chi connectivity index (χ1) is 15.0. The molecule has 1 heterocycles. The summed E-state index contributed by atoms with van der Waals surface area (Å²) in [6, 6.07) is 13.3. The number of nitrogens with one attached hydrogen (secondary N) is 3. The number of amides is 2. The van der Waals surface area contributed by atoms with Crippen LogP contribution in [0.1, 0.15) is 27.8 Å². The Morgan fingerprint density at radius 1 is 0.968 bits per heavy atom. The maximum absolute atomic E-state index is 12.2. The van der Waals surface area contributed by atoms with Crippen LogP contribution in [0.15, 0.2) is 52.9 Å². The number of carbonyl (C=O) groups excluding carboxylic acids is 2. The molecule has 0 bridgehead atoms. The smallest absolute Gasteiger partial charge is 0.287 e. The van der Waals surface area contributed by atoms with Crippen LogP contribution in [-0.4, -0.2) is 50.9 Å². The maximum atomic E-state index is 12.2. The number of carbonyl (C=O) groups is 2. The van der Waals surface area contributed by atoms with Crippen molar-refractivity contribution in [3.63, 3.8) is 0 Å². The summed E-state index contributed by atoms with van der Waals surface area (Å²) in [6.07, 6.45) is 0. The van der Waals surface area contributed by atoms with Gasteiger partial charge in [-0.05, 0) is 69.6 Å². The molecule has 2 aromatic carbocycles. The quantitative estimate of drug-likeness (QED) is 0.247. The molecule has 166 valence electrons. The minimum atomic E-state index is -0.599. The first-order valence-electron chi connectivity index (χ1n) is 9.72. The zero-order chi connectivity index (χ0) is 22.6. The van der Waals surface area contributed by atoms with Gasteiger partial charge in [0.2, 0.25) is 0 Å². The summed E-state index contributed by atoms with van der Waals surface area (Å²) in [7, 11) is 3.75. The monoisotopic (exact) mass is 429 g/mol. The lowest BCUT2D eigenvalue weighted by Crippen LogP contribution is -2.27. The van der Waals surface area contributed by atoms with Gasteiger partial charge in [-0.15, -0.1) is 0 Å². The Morgan fingerprint density at radius 3 is 2.29 bits per heavy atom. The number of ether oxygens (including phenoxy) is 2. The molecule has 0 aliphatic heterocycles. The van der Waals surface area contributed by atoms with Crippen molar-refractivity contribution in [1.82, 2.24) is 16.1 Å². The van der Waals surface area contributed by atoms with Gasteiger partial charge >= 0.3 is 0 Å². The van der Waals surface area contributed by atoms with Gasteiger partial charge in [-0.2, -0.15) is 0 Å². The summed E-state index contributed by atoms with van der Waals surface area (Å²) in [6.45, 7) is 2.99. The van der Waals surface area contributed by atoms with Gasteiger partial charge in [0.05, 0.1) is 13.2 Å². The van der Waals surface area contributed by atoms with Crippen molar-refractivity contribution in [1.29, 1.82) is 0 Å². The number of hydrogen-bond acceptors (Lipinski definition) is 7. The van der Waals surface area contributed by atoms with Crippen LogP contribution in [0.2, 0.25) is 0 Å². The van der Waals surface area contributed by atoms with E-state index < -0.39 is 5.91 Å². The van der Waals surface area contributed by atoms with E-state index in [2.05, 4.69) is 10.6 Å². The summed E-state index contributed by atoms with van der Waals surface area (Å²) in [5.74, 6) is 0.531. The molecule has 9 heteroatoms. The zero-order valence-corrected chi connectivity index (χ0v) is 17.7. The average molecular weight is 429 g/mol. The van der Waals surface area contributed by atoms with E-state index in [0.717, 1.165) is 11.1 Å². The van der Waals surface area contributed by atoms with Gasteiger partial charge in [0.25, 0.3) is 11.8 Å². The lowest BCUT2D eigenvalue weighted by atomic mass is 10.2. The van der Waals surface area contributed by atoms with Crippen molar-refractivity contribution in [2.75, 3.05) is 33.9 Å². The van der Waals surface area contributed by atoms with Crippen LogP contribution < -0.4 is 25.6 Å². The fourth-order valence-electron chi connectivity index (χ4n) is 2.58. The second-order valence-corrected chi connectivity index (χ2v) is 6.31. The molecule has 0 spiro atoms. The van der Waals surface area contributed by atoms with Gasteiger partial charge in [0.15, 0.2) is 5.76 Å². The molecule has 3 rings (SSSR count). The molecule has 0 aliphatic carbocycles. The normalized spacial score (nSPS) is 10.1. The van der Waals surface area contributed by atoms with Crippen LogP contribution in [0.25, 0.3) is 11.0 Å². The summed E-state index contributed by atoms with van der Waals surface area (Å²) < 4.78 is 16.5. The van der Waals surface area contributed by atoms with Crippen LogP contribution in [-0.2, 0) is 0 Å². The van der Waals surface area contributed by atoms with Crippen molar-refractivity contribution in [3.8, 4) is 11.5 Å².